The summed E-state index contributed by atoms with van der Waals surface area (Å²) in [4.78, 5) is 8.27. The molecule has 0 bridgehead atoms. The predicted octanol–water partition coefficient (Wildman–Crippen LogP) is 4.35. The van der Waals surface area contributed by atoms with Crippen LogP contribution in [-0.2, 0) is 6.61 Å². The molecule has 0 N–H and O–H groups in total. The van der Waals surface area contributed by atoms with E-state index >= 15 is 0 Å². The topological polar surface area (TPSA) is 65.7 Å². The van der Waals surface area contributed by atoms with Gasteiger partial charge in [0.1, 0.15) is 12.3 Å². The minimum absolute atomic E-state index is 0.00872. The van der Waals surface area contributed by atoms with Gasteiger partial charge in [-0.25, -0.2) is 23.4 Å². The number of hydrogen-bond acceptors (Lipinski definition) is 5. The molecule has 0 unspecified atom stereocenters. The Bertz CT molecular complexity index is 883. The Morgan fingerprint density at radius 3 is 2.58 bits per heavy atom. The van der Waals surface area contributed by atoms with Gasteiger partial charge in [-0.05, 0) is 29.7 Å². The summed E-state index contributed by atoms with van der Waals surface area (Å²) in [5, 5.41) is 7.90. The molecule has 136 valence electrons. The van der Waals surface area contributed by atoms with E-state index in [2.05, 4.69) is 20.3 Å². The summed E-state index contributed by atoms with van der Waals surface area (Å²) in [6, 6.07) is 4.50. The zero-order chi connectivity index (χ0) is 18.7. The highest BCUT2D eigenvalue weighted by Crippen LogP contribution is 2.28. The zero-order valence-electron chi connectivity index (χ0n) is 14.1. The molecule has 0 aliphatic rings. The van der Waals surface area contributed by atoms with Gasteiger partial charge in [0, 0.05) is 23.0 Å². The van der Waals surface area contributed by atoms with Crippen molar-refractivity contribution >= 4 is 11.6 Å². The van der Waals surface area contributed by atoms with Gasteiger partial charge in [0.05, 0.1) is 11.9 Å². The van der Waals surface area contributed by atoms with Crippen molar-refractivity contribution < 1.29 is 13.5 Å². The number of rotatable bonds is 6. The van der Waals surface area contributed by atoms with Crippen LogP contribution < -0.4 is 4.74 Å². The fourth-order valence-corrected chi connectivity index (χ4v) is 2.37. The Hall–Kier alpha value is -2.61. The van der Waals surface area contributed by atoms with Crippen molar-refractivity contribution in [3.63, 3.8) is 0 Å². The number of hydrogen-bond donors (Lipinski definition) is 0. The maximum Gasteiger partial charge on any atom is 0.316 e. The lowest BCUT2D eigenvalue weighted by Gasteiger charge is -2.06. The minimum Gasteiger partial charge on any atom is -0.457 e. The van der Waals surface area contributed by atoms with E-state index in [1.165, 1.54) is 16.8 Å². The third kappa shape index (κ3) is 4.13. The first-order valence-electron chi connectivity index (χ1n) is 7.88. The van der Waals surface area contributed by atoms with Crippen LogP contribution in [0.25, 0.3) is 5.69 Å². The van der Waals surface area contributed by atoms with Crippen molar-refractivity contribution in [2.75, 3.05) is 0 Å². The minimum atomic E-state index is -2.67. The molecule has 0 amide bonds. The second kappa shape index (κ2) is 7.74. The summed E-state index contributed by atoms with van der Waals surface area (Å²) in [5.41, 5.74) is 1.70. The van der Waals surface area contributed by atoms with Crippen LogP contribution >= 0.6 is 11.6 Å². The molecule has 0 aliphatic carbocycles. The van der Waals surface area contributed by atoms with Crippen molar-refractivity contribution in [2.24, 2.45) is 0 Å². The Labute approximate surface area is 153 Å². The molecule has 0 radical (unpaired) electrons. The van der Waals surface area contributed by atoms with E-state index in [0.717, 1.165) is 5.56 Å². The molecule has 2 heterocycles. The van der Waals surface area contributed by atoms with Crippen LogP contribution in [0.4, 0.5) is 8.78 Å². The molecule has 26 heavy (non-hydrogen) atoms. The number of ether oxygens (including phenoxy) is 1. The standard InChI is InChI=1S/C17H16ClF2N5O/c1-10(2)11-6-21-17(22-7-11)26-9-12-8-25(24-23-12)13-3-4-15(18)14(5-13)16(19)20/h3-8,10,16H,9H2,1-2H3. The van der Waals surface area contributed by atoms with E-state index in [-0.39, 0.29) is 23.2 Å². The molecule has 2 aromatic heterocycles. The fourth-order valence-electron chi connectivity index (χ4n) is 2.17. The number of halogens is 3. The van der Waals surface area contributed by atoms with E-state index in [1.807, 2.05) is 13.8 Å². The molecule has 0 aliphatic heterocycles. The van der Waals surface area contributed by atoms with Gasteiger partial charge in [-0.3, -0.25) is 0 Å². The van der Waals surface area contributed by atoms with Crippen LogP contribution in [-0.4, -0.2) is 25.0 Å². The summed E-state index contributed by atoms with van der Waals surface area (Å²) in [5.74, 6) is 0.335. The van der Waals surface area contributed by atoms with E-state index in [1.54, 1.807) is 24.7 Å². The quantitative estimate of drug-likeness (QED) is 0.637. The number of nitrogens with zero attached hydrogens (tertiary/aromatic N) is 5. The highest BCUT2D eigenvalue weighted by Gasteiger charge is 2.14. The van der Waals surface area contributed by atoms with Gasteiger partial charge in [0.25, 0.3) is 6.43 Å². The molecule has 0 fully saturated rings. The lowest BCUT2D eigenvalue weighted by molar-refractivity contribution is 0.151. The summed E-state index contributed by atoms with van der Waals surface area (Å²) in [6.07, 6.45) is 2.34. The molecule has 3 rings (SSSR count). The monoisotopic (exact) mass is 379 g/mol. The van der Waals surface area contributed by atoms with Crippen molar-refractivity contribution in [3.8, 4) is 11.7 Å². The SMILES string of the molecule is CC(C)c1cnc(OCc2cn(-c3ccc(Cl)c(C(F)F)c3)nn2)nc1. The molecule has 6 nitrogen and oxygen atoms in total. The molecule has 3 aromatic rings. The Morgan fingerprint density at radius 1 is 1.19 bits per heavy atom. The average molecular weight is 380 g/mol. The normalized spacial score (nSPS) is 11.3. The second-order valence-corrected chi connectivity index (χ2v) is 6.31. The van der Waals surface area contributed by atoms with Crippen LogP contribution in [0.2, 0.25) is 5.02 Å². The smallest absolute Gasteiger partial charge is 0.316 e. The van der Waals surface area contributed by atoms with Crippen LogP contribution in [0.3, 0.4) is 0 Å². The van der Waals surface area contributed by atoms with Gasteiger partial charge < -0.3 is 4.74 Å². The summed E-state index contributed by atoms with van der Waals surface area (Å²) >= 11 is 5.77. The Morgan fingerprint density at radius 2 is 1.92 bits per heavy atom. The highest BCUT2D eigenvalue weighted by atomic mass is 35.5. The Balaban J connectivity index is 1.69. The lowest BCUT2D eigenvalue weighted by atomic mass is 10.1. The van der Waals surface area contributed by atoms with Gasteiger partial charge in [-0.2, -0.15) is 0 Å². The van der Waals surface area contributed by atoms with Crippen LogP contribution in [0.5, 0.6) is 6.01 Å². The molecule has 0 saturated heterocycles. The largest absolute Gasteiger partial charge is 0.457 e. The van der Waals surface area contributed by atoms with Crippen molar-refractivity contribution in [1.29, 1.82) is 0 Å². The van der Waals surface area contributed by atoms with Crippen LogP contribution in [0.15, 0.2) is 36.8 Å². The summed E-state index contributed by atoms with van der Waals surface area (Å²) in [6.45, 7) is 4.21. The number of benzene rings is 1. The number of alkyl halides is 2. The van der Waals surface area contributed by atoms with Gasteiger partial charge in [0.2, 0.25) is 0 Å². The van der Waals surface area contributed by atoms with E-state index in [9.17, 15) is 8.78 Å². The van der Waals surface area contributed by atoms with Crippen molar-refractivity contribution in [3.05, 3.63) is 58.6 Å². The maximum absolute atomic E-state index is 13.0. The highest BCUT2D eigenvalue weighted by molar-refractivity contribution is 6.31. The fraction of sp³-hybridized carbons (Fsp3) is 0.294. The van der Waals surface area contributed by atoms with Crippen molar-refractivity contribution in [2.45, 2.75) is 32.8 Å². The van der Waals surface area contributed by atoms with Gasteiger partial charge in [0.15, 0.2) is 0 Å². The first-order valence-corrected chi connectivity index (χ1v) is 8.25. The lowest BCUT2D eigenvalue weighted by Crippen LogP contribution is -2.01. The first-order chi connectivity index (χ1) is 12.4. The zero-order valence-corrected chi connectivity index (χ0v) is 14.9. The summed E-state index contributed by atoms with van der Waals surface area (Å²) < 4.78 is 32.8. The first kappa shape index (κ1) is 18.2. The third-order valence-corrected chi connectivity index (χ3v) is 4.03. The summed E-state index contributed by atoms with van der Waals surface area (Å²) in [7, 11) is 0. The third-order valence-electron chi connectivity index (χ3n) is 3.68. The maximum atomic E-state index is 13.0. The molecular weight excluding hydrogens is 364 g/mol. The molecule has 0 spiro atoms. The molecule has 0 saturated carbocycles. The van der Waals surface area contributed by atoms with Crippen molar-refractivity contribution in [1.82, 2.24) is 25.0 Å². The average Bonchev–Trinajstić information content (AvgIpc) is 3.09. The molecule has 1 aromatic carbocycles. The van der Waals surface area contributed by atoms with E-state index in [0.29, 0.717) is 17.3 Å². The van der Waals surface area contributed by atoms with Gasteiger partial charge >= 0.3 is 6.01 Å². The number of aromatic nitrogens is 5. The predicted molar refractivity (Wildman–Crippen MR) is 91.8 cm³/mol. The van der Waals surface area contributed by atoms with Crippen LogP contribution in [0, 0.1) is 0 Å². The molecular formula is C17H16ClF2N5O. The van der Waals surface area contributed by atoms with E-state index in [4.69, 9.17) is 16.3 Å². The Kier molecular flexibility index (Phi) is 5.41. The van der Waals surface area contributed by atoms with E-state index < -0.39 is 6.43 Å². The van der Waals surface area contributed by atoms with Gasteiger partial charge in [-0.15, -0.1) is 5.10 Å². The van der Waals surface area contributed by atoms with Crippen LogP contribution in [0.1, 0.15) is 43.0 Å². The molecule has 9 heteroatoms. The molecule has 0 atom stereocenters. The van der Waals surface area contributed by atoms with Gasteiger partial charge in [-0.1, -0.05) is 30.7 Å². The second-order valence-electron chi connectivity index (χ2n) is 5.90.